The fourth-order valence-corrected chi connectivity index (χ4v) is 4.27. The predicted octanol–water partition coefficient (Wildman–Crippen LogP) is 5.69. The highest BCUT2D eigenvalue weighted by Crippen LogP contribution is 2.30. The molecule has 0 unspecified atom stereocenters. The molecule has 4 rings (SSSR count). The molecule has 0 aliphatic heterocycles. The summed E-state index contributed by atoms with van der Waals surface area (Å²) in [5.41, 5.74) is 5.02. The first-order valence-corrected chi connectivity index (χ1v) is 10.3. The van der Waals surface area contributed by atoms with Gasteiger partial charge in [-0.15, -0.1) is 0 Å². The fraction of sp³-hybridized carbons (Fsp3) is 0.417. The summed E-state index contributed by atoms with van der Waals surface area (Å²) >= 11 is 0. The second kappa shape index (κ2) is 8.62. The van der Waals surface area contributed by atoms with Crippen molar-refractivity contribution in [3.63, 3.8) is 0 Å². The normalized spacial score (nSPS) is 15.3. The van der Waals surface area contributed by atoms with Crippen LogP contribution in [-0.4, -0.2) is 24.7 Å². The number of nitrogens with one attached hydrogen (secondary N) is 2. The zero-order valence-corrected chi connectivity index (χ0v) is 16.3. The SMILES string of the molecule is Cc1c(-c2ccc(OCCNCC3CCCCC3)cc2)ccc2[nH]ccc12. The second-order valence-corrected chi connectivity index (χ2v) is 7.76. The molecule has 1 aromatic heterocycles. The van der Waals surface area contributed by atoms with Crippen LogP contribution in [-0.2, 0) is 0 Å². The van der Waals surface area contributed by atoms with Gasteiger partial charge < -0.3 is 15.0 Å². The van der Waals surface area contributed by atoms with Crippen molar-refractivity contribution in [3.8, 4) is 16.9 Å². The van der Waals surface area contributed by atoms with E-state index in [1.807, 2.05) is 6.20 Å². The molecule has 0 spiro atoms. The molecule has 3 heteroatoms. The van der Waals surface area contributed by atoms with Crippen LogP contribution in [0.4, 0.5) is 0 Å². The Morgan fingerprint density at radius 2 is 1.81 bits per heavy atom. The number of hydrogen-bond donors (Lipinski definition) is 2. The Labute approximate surface area is 162 Å². The number of ether oxygens (including phenoxy) is 1. The Morgan fingerprint density at radius 1 is 1.00 bits per heavy atom. The van der Waals surface area contributed by atoms with Gasteiger partial charge in [0, 0.05) is 23.6 Å². The lowest BCUT2D eigenvalue weighted by atomic mass is 9.89. The summed E-state index contributed by atoms with van der Waals surface area (Å²) in [6, 6.07) is 15.0. The van der Waals surface area contributed by atoms with Gasteiger partial charge in [0.25, 0.3) is 0 Å². The predicted molar refractivity (Wildman–Crippen MR) is 113 cm³/mol. The van der Waals surface area contributed by atoms with Crippen molar-refractivity contribution in [1.82, 2.24) is 10.3 Å². The highest BCUT2D eigenvalue weighted by atomic mass is 16.5. The molecule has 27 heavy (non-hydrogen) atoms. The molecule has 2 N–H and O–H groups in total. The molecule has 2 aromatic carbocycles. The van der Waals surface area contributed by atoms with Gasteiger partial charge in [-0.2, -0.15) is 0 Å². The molecule has 0 radical (unpaired) electrons. The van der Waals surface area contributed by atoms with Crippen LogP contribution in [0.15, 0.2) is 48.7 Å². The van der Waals surface area contributed by atoms with E-state index in [-0.39, 0.29) is 0 Å². The van der Waals surface area contributed by atoms with Crippen molar-refractivity contribution in [3.05, 3.63) is 54.2 Å². The van der Waals surface area contributed by atoms with E-state index >= 15 is 0 Å². The van der Waals surface area contributed by atoms with Gasteiger partial charge >= 0.3 is 0 Å². The number of H-pyrrole nitrogens is 1. The zero-order valence-electron chi connectivity index (χ0n) is 16.3. The molecular weight excluding hydrogens is 332 g/mol. The lowest BCUT2D eigenvalue weighted by Crippen LogP contribution is -2.28. The molecule has 0 atom stereocenters. The van der Waals surface area contributed by atoms with Crippen LogP contribution in [0.5, 0.6) is 5.75 Å². The van der Waals surface area contributed by atoms with Crippen molar-refractivity contribution in [2.24, 2.45) is 5.92 Å². The van der Waals surface area contributed by atoms with Crippen LogP contribution < -0.4 is 10.1 Å². The minimum atomic E-state index is 0.723. The largest absolute Gasteiger partial charge is 0.492 e. The second-order valence-electron chi connectivity index (χ2n) is 7.76. The lowest BCUT2D eigenvalue weighted by molar-refractivity contribution is 0.294. The van der Waals surface area contributed by atoms with Gasteiger partial charge in [-0.1, -0.05) is 37.5 Å². The molecule has 1 aliphatic rings. The van der Waals surface area contributed by atoms with Gasteiger partial charge in [-0.3, -0.25) is 0 Å². The molecule has 1 fully saturated rings. The van der Waals surface area contributed by atoms with Gasteiger partial charge in [0.1, 0.15) is 12.4 Å². The summed E-state index contributed by atoms with van der Waals surface area (Å²) in [7, 11) is 0. The molecule has 0 bridgehead atoms. The topological polar surface area (TPSA) is 37.0 Å². The fourth-order valence-electron chi connectivity index (χ4n) is 4.27. The number of benzene rings is 2. The summed E-state index contributed by atoms with van der Waals surface area (Å²) in [5.74, 6) is 1.82. The van der Waals surface area contributed by atoms with Crippen molar-refractivity contribution < 1.29 is 4.74 Å². The third-order valence-corrected chi connectivity index (χ3v) is 5.87. The quantitative estimate of drug-likeness (QED) is 0.530. The van der Waals surface area contributed by atoms with Crippen LogP contribution in [0.3, 0.4) is 0 Å². The van der Waals surface area contributed by atoms with E-state index in [1.54, 1.807) is 0 Å². The Balaban J connectivity index is 1.29. The Hall–Kier alpha value is -2.26. The lowest BCUT2D eigenvalue weighted by Gasteiger charge is -2.21. The summed E-state index contributed by atoms with van der Waals surface area (Å²) in [5, 5.41) is 4.85. The highest BCUT2D eigenvalue weighted by molar-refractivity contribution is 5.89. The number of aryl methyl sites for hydroxylation is 1. The van der Waals surface area contributed by atoms with E-state index < -0.39 is 0 Å². The van der Waals surface area contributed by atoms with E-state index in [0.717, 1.165) is 31.4 Å². The smallest absolute Gasteiger partial charge is 0.119 e. The van der Waals surface area contributed by atoms with E-state index in [2.05, 4.69) is 59.7 Å². The summed E-state index contributed by atoms with van der Waals surface area (Å²) in [6.45, 7) is 4.97. The Bertz CT molecular complexity index is 860. The third-order valence-electron chi connectivity index (χ3n) is 5.87. The molecular formula is C24H30N2O. The van der Waals surface area contributed by atoms with Crippen LogP contribution in [0.2, 0.25) is 0 Å². The average molecular weight is 363 g/mol. The molecule has 0 amide bonds. The number of aromatic nitrogens is 1. The summed E-state index contributed by atoms with van der Waals surface area (Å²) in [4.78, 5) is 3.28. The number of fused-ring (bicyclic) bond motifs is 1. The van der Waals surface area contributed by atoms with Gasteiger partial charge in [0.2, 0.25) is 0 Å². The Kier molecular flexibility index (Phi) is 5.78. The number of aromatic amines is 1. The van der Waals surface area contributed by atoms with E-state index in [9.17, 15) is 0 Å². The molecule has 1 saturated carbocycles. The average Bonchev–Trinajstić information content (AvgIpc) is 3.19. The Morgan fingerprint density at radius 3 is 2.63 bits per heavy atom. The van der Waals surface area contributed by atoms with Crippen LogP contribution >= 0.6 is 0 Å². The van der Waals surface area contributed by atoms with Crippen LogP contribution in [0.1, 0.15) is 37.7 Å². The van der Waals surface area contributed by atoms with E-state index in [1.165, 1.54) is 59.7 Å². The third kappa shape index (κ3) is 4.36. The molecule has 0 saturated heterocycles. The molecule has 3 aromatic rings. The first kappa shape index (κ1) is 18.1. The standard InChI is InChI=1S/C24H30N2O/c1-18-22(11-12-24-23(18)13-14-26-24)20-7-9-21(10-8-20)27-16-15-25-17-19-5-3-2-4-6-19/h7-14,19,25-26H,2-6,15-17H2,1H3. The van der Waals surface area contributed by atoms with Crippen LogP contribution in [0.25, 0.3) is 22.0 Å². The minimum absolute atomic E-state index is 0.723. The monoisotopic (exact) mass is 362 g/mol. The number of hydrogen-bond acceptors (Lipinski definition) is 2. The maximum Gasteiger partial charge on any atom is 0.119 e. The molecule has 1 heterocycles. The van der Waals surface area contributed by atoms with Gasteiger partial charge in [0.05, 0.1) is 0 Å². The maximum absolute atomic E-state index is 5.91. The summed E-state index contributed by atoms with van der Waals surface area (Å²) < 4.78 is 5.91. The first-order chi connectivity index (χ1) is 13.3. The van der Waals surface area contributed by atoms with E-state index in [0.29, 0.717) is 0 Å². The minimum Gasteiger partial charge on any atom is -0.492 e. The van der Waals surface area contributed by atoms with Gasteiger partial charge in [-0.05, 0) is 73.2 Å². The molecule has 1 aliphatic carbocycles. The van der Waals surface area contributed by atoms with Crippen molar-refractivity contribution >= 4 is 10.9 Å². The first-order valence-electron chi connectivity index (χ1n) is 10.3. The van der Waals surface area contributed by atoms with Crippen LogP contribution in [0, 0.1) is 12.8 Å². The van der Waals surface area contributed by atoms with Gasteiger partial charge in [-0.25, -0.2) is 0 Å². The highest BCUT2D eigenvalue weighted by Gasteiger charge is 2.12. The van der Waals surface area contributed by atoms with Crippen molar-refractivity contribution in [2.75, 3.05) is 19.7 Å². The van der Waals surface area contributed by atoms with Crippen molar-refractivity contribution in [1.29, 1.82) is 0 Å². The molecule has 3 nitrogen and oxygen atoms in total. The maximum atomic E-state index is 5.91. The molecule has 142 valence electrons. The summed E-state index contributed by atoms with van der Waals surface area (Å²) in [6.07, 6.45) is 9.03. The van der Waals surface area contributed by atoms with E-state index in [4.69, 9.17) is 4.74 Å². The zero-order chi connectivity index (χ0) is 18.5. The van der Waals surface area contributed by atoms with Crippen molar-refractivity contribution in [2.45, 2.75) is 39.0 Å². The van der Waals surface area contributed by atoms with Gasteiger partial charge in [0.15, 0.2) is 0 Å². The number of rotatable bonds is 7.